The van der Waals surface area contributed by atoms with Gasteiger partial charge in [-0.25, -0.2) is 0 Å². The number of nitrogens with zero attached hydrogens (tertiary/aromatic N) is 1. The maximum Gasteiger partial charge on any atom is 0.0998 e. The molecular formula is C16H12ClNS. The largest absolute Gasteiger partial charge is 0.192 e. The van der Waals surface area contributed by atoms with Gasteiger partial charge in [0.15, 0.2) is 0 Å². The summed E-state index contributed by atoms with van der Waals surface area (Å²) in [6.45, 7) is 0. The van der Waals surface area contributed by atoms with E-state index in [1.165, 1.54) is 4.90 Å². The summed E-state index contributed by atoms with van der Waals surface area (Å²) < 4.78 is 0. The summed E-state index contributed by atoms with van der Waals surface area (Å²) in [6, 6.07) is 17.7. The number of nitriles is 1. The zero-order chi connectivity index (χ0) is 13.7. The summed E-state index contributed by atoms with van der Waals surface area (Å²) in [7, 11) is 0. The van der Waals surface area contributed by atoms with Crippen LogP contribution in [-0.2, 0) is 0 Å². The molecule has 0 aliphatic carbocycles. The number of rotatable bonds is 3. The molecule has 0 amide bonds. The summed E-state index contributed by atoms with van der Waals surface area (Å²) in [6.07, 6.45) is 3.89. The minimum absolute atomic E-state index is 0.572. The summed E-state index contributed by atoms with van der Waals surface area (Å²) in [4.78, 5) is 1.20. The van der Waals surface area contributed by atoms with Crippen molar-refractivity contribution in [1.29, 1.82) is 5.26 Å². The van der Waals surface area contributed by atoms with Gasteiger partial charge in [0.05, 0.1) is 11.6 Å². The van der Waals surface area contributed by atoms with Crippen molar-refractivity contribution >= 4 is 35.0 Å². The number of allylic oxidation sites excluding steroid dienone is 1. The highest BCUT2D eigenvalue weighted by Crippen LogP contribution is 2.25. The molecule has 0 unspecified atom stereocenters. The zero-order valence-electron chi connectivity index (χ0n) is 10.4. The number of thioether (sulfide) groups is 1. The first-order chi connectivity index (χ1) is 9.24. The SMILES string of the molecule is CSc1ccc(C=C(C#N)c2ccccc2Cl)cc1. The predicted octanol–water partition coefficient (Wildman–Crippen LogP) is 5.13. The molecular weight excluding hydrogens is 274 g/mol. The van der Waals surface area contributed by atoms with Gasteiger partial charge in [0.25, 0.3) is 0 Å². The van der Waals surface area contributed by atoms with Crippen LogP contribution in [-0.4, -0.2) is 6.26 Å². The first kappa shape index (κ1) is 13.7. The first-order valence-electron chi connectivity index (χ1n) is 5.75. The van der Waals surface area contributed by atoms with Gasteiger partial charge in [-0.2, -0.15) is 5.26 Å². The Kier molecular flexibility index (Phi) is 4.68. The minimum Gasteiger partial charge on any atom is -0.192 e. The van der Waals surface area contributed by atoms with Crippen molar-refractivity contribution in [2.45, 2.75) is 4.90 Å². The van der Waals surface area contributed by atoms with Crippen LogP contribution in [0.15, 0.2) is 53.4 Å². The van der Waals surface area contributed by atoms with Crippen molar-refractivity contribution in [2.24, 2.45) is 0 Å². The van der Waals surface area contributed by atoms with Gasteiger partial charge in [-0.15, -0.1) is 11.8 Å². The van der Waals surface area contributed by atoms with E-state index < -0.39 is 0 Å². The number of hydrogen-bond acceptors (Lipinski definition) is 2. The fraction of sp³-hybridized carbons (Fsp3) is 0.0625. The highest BCUT2D eigenvalue weighted by molar-refractivity contribution is 7.98. The van der Waals surface area contributed by atoms with Crippen LogP contribution in [0, 0.1) is 11.3 Å². The summed E-state index contributed by atoms with van der Waals surface area (Å²) in [5.41, 5.74) is 2.33. The Labute approximate surface area is 122 Å². The van der Waals surface area contributed by atoms with Crippen LogP contribution in [0.1, 0.15) is 11.1 Å². The van der Waals surface area contributed by atoms with Crippen molar-refractivity contribution in [2.75, 3.05) is 6.26 Å². The van der Waals surface area contributed by atoms with E-state index in [-0.39, 0.29) is 0 Å². The van der Waals surface area contributed by atoms with E-state index in [1.807, 2.05) is 54.8 Å². The van der Waals surface area contributed by atoms with E-state index in [0.717, 1.165) is 11.1 Å². The Morgan fingerprint density at radius 1 is 1.16 bits per heavy atom. The minimum atomic E-state index is 0.572. The van der Waals surface area contributed by atoms with Gasteiger partial charge in [-0.1, -0.05) is 41.9 Å². The Morgan fingerprint density at radius 3 is 2.42 bits per heavy atom. The van der Waals surface area contributed by atoms with E-state index >= 15 is 0 Å². The van der Waals surface area contributed by atoms with Crippen molar-refractivity contribution in [3.05, 3.63) is 64.7 Å². The molecule has 0 saturated carbocycles. The van der Waals surface area contributed by atoms with Crippen LogP contribution in [0.4, 0.5) is 0 Å². The third kappa shape index (κ3) is 3.41. The molecule has 0 aliphatic heterocycles. The van der Waals surface area contributed by atoms with Crippen LogP contribution in [0.5, 0.6) is 0 Å². The molecule has 0 saturated heterocycles. The standard InChI is InChI=1S/C16H12ClNS/c1-19-14-8-6-12(7-9-14)10-13(11-18)15-4-2-3-5-16(15)17/h2-10H,1H3. The lowest BCUT2D eigenvalue weighted by atomic mass is 10.0. The monoisotopic (exact) mass is 285 g/mol. The highest BCUT2D eigenvalue weighted by Gasteiger charge is 2.05. The van der Waals surface area contributed by atoms with Crippen LogP contribution < -0.4 is 0 Å². The number of hydrogen-bond donors (Lipinski definition) is 0. The molecule has 0 fully saturated rings. The summed E-state index contributed by atoms with van der Waals surface area (Å²) >= 11 is 7.81. The van der Waals surface area contributed by atoms with Gasteiger partial charge < -0.3 is 0 Å². The molecule has 0 spiro atoms. The van der Waals surface area contributed by atoms with Crippen molar-refractivity contribution in [3.8, 4) is 6.07 Å². The normalized spacial score (nSPS) is 11.1. The van der Waals surface area contributed by atoms with Gasteiger partial charge in [0, 0.05) is 15.5 Å². The van der Waals surface area contributed by atoms with Gasteiger partial charge in [-0.3, -0.25) is 0 Å². The van der Waals surface area contributed by atoms with E-state index in [0.29, 0.717) is 10.6 Å². The molecule has 2 rings (SSSR count). The average Bonchev–Trinajstić information content (AvgIpc) is 2.46. The van der Waals surface area contributed by atoms with Crippen molar-refractivity contribution in [1.82, 2.24) is 0 Å². The quantitative estimate of drug-likeness (QED) is 0.444. The topological polar surface area (TPSA) is 23.8 Å². The molecule has 1 nitrogen and oxygen atoms in total. The molecule has 0 aromatic heterocycles. The van der Waals surface area contributed by atoms with E-state index in [2.05, 4.69) is 6.07 Å². The molecule has 19 heavy (non-hydrogen) atoms. The lowest BCUT2D eigenvalue weighted by Gasteiger charge is -2.03. The molecule has 0 atom stereocenters. The number of halogens is 1. The molecule has 3 heteroatoms. The first-order valence-corrected chi connectivity index (χ1v) is 7.35. The van der Waals surface area contributed by atoms with Gasteiger partial charge in [-0.05, 0) is 36.1 Å². The van der Waals surface area contributed by atoms with E-state index in [1.54, 1.807) is 17.8 Å². The maximum atomic E-state index is 9.28. The molecule has 0 radical (unpaired) electrons. The average molecular weight is 286 g/mol. The predicted molar refractivity (Wildman–Crippen MR) is 83.2 cm³/mol. The van der Waals surface area contributed by atoms with Crippen LogP contribution >= 0.6 is 23.4 Å². The second-order valence-corrected chi connectivity index (χ2v) is 5.21. The highest BCUT2D eigenvalue weighted by atomic mass is 35.5. The molecule has 0 heterocycles. The second kappa shape index (κ2) is 6.47. The van der Waals surface area contributed by atoms with E-state index in [9.17, 15) is 5.26 Å². The van der Waals surface area contributed by atoms with Gasteiger partial charge >= 0.3 is 0 Å². The molecule has 0 bridgehead atoms. The Morgan fingerprint density at radius 2 is 1.84 bits per heavy atom. The Hall–Kier alpha value is -1.69. The van der Waals surface area contributed by atoms with Crippen molar-refractivity contribution < 1.29 is 0 Å². The third-order valence-corrected chi connectivity index (χ3v) is 3.78. The van der Waals surface area contributed by atoms with Gasteiger partial charge in [0.1, 0.15) is 0 Å². The Balaban J connectivity index is 2.39. The summed E-state index contributed by atoms with van der Waals surface area (Å²) in [5.74, 6) is 0. The molecule has 2 aromatic carbocycles. The van der Waals surface area contributed by atoms with Gasteiger partial charge in [0.2, 0.25) is 0 Å². The smallest absolute Gasteiger partial charge is 0.0998 e. The van der Waals surface area contributed by atoms with Crippen LogP contribution in [0.3, 0.4) is 0 Å². The molecule has 0 N–H and O–H groups in total. The molecule has 94 valence electrons. The Bertz CT molecular complexity index is 639. The second-order valence-electron chi connectivity index (χ2n) is 3.92. The molecule has 2 aromatic rings. The van der Waals surface area contributed by atoms with Crippen molar-refractivity contribution in [3.63, 3.8) is 0 Å². The van der Waals surface area contributed by atoms with Crippen LogP contribution in [0.2, 0.25) is 5.02 Å². The lowest BCUT2D eigenvalue weighted by molar-refractivity contribution is 1.45. The van der Waals surface area contributed by atoms with Crippen LogP contribution in [0.25, 0.3) is 11.6 Å². The van der Waals surface area contributed by atoms with E-state index in [4.69, 9.17) is 11.6 Å². The fourth-order valence-electron chi connectivity index (χ4n) is 1.72. The summed E-state index contributed by atoms with van der Waals surface area (Å²) in [5, 5.41) is 9.88. The number of benzene rings is 2. The maximum absolute atomic E-state index is 9.28. The lowest BCUT2D eigenvalue weighted by Crippen LogP contribution is -1.83. The zero-order valence-corrected chi connectivity index (χ0v) is 12.0. The fourth-order valence-corrected chi connectivity index (χ4v) is 2.36. The third-order valence-electron chi connectivity index (χ3n) is 2.71. The molecule has 0 aliphatic rings.